The van der Waals surface area contributed by atoms with Crippen molar-refractivity contribution in [2.45, 2.75) is 70.6 Å². The van der Waals surface area contributed by atoms with Crippen LogP contribution in [0, 0.1) is 0 Å². The molecule has 0 spiro atoms. The van der Waals surface area contributed by atoms with E-state index in [2.05, 4.69) is 30.9 Å². The van der Waals surface area contributed by atoms with Gasteiger partial charge < -0.3 is 47.7 Å². The molecule has 2 unspecified atom stereocenters. The number of aromatic nitrogens is 1. The summed E-state index contributed by atoms with van der Waals surface area (Å²) in [4.78, 5) is 47.8. The number of carbonyl (C=O) groups is 2. The van der Waals surface area contributed by atoms with Gasteiger partial charge in [0.25, 0.3) is 11.8 Å². The fourth-order valence-corrected chi connectivity index (χ4v) is 8.65. The second kappa shape index (κ2) is 23.0. The number of methoxy groups -OCH3 is 3. The molecule has 0 saturated carbocycles. The molecule has 67 heavy (non-hydrogen) atoms. The second-order valence-corrected chi connectivity index (χ2v) is 18.6. The minimum Gasteiger partial charge on any atom is -0.493 e. The Kier molecular flexibility index (Phi) is 17.0. The van der Waals surface area contributed by atoms with E-state index < -0.39 is 0 Å². The normalized spacial score (nSPS) is 18.8. The summed E-state index contributed by atoms with van der Waals surface area (Å²) in [5.41, 5.74) is 5.45. The van der Waals surface area contributed by atoms with Crippen LogP contribution in [0.4, 0.5) is 11.4 Å². The van der Waals surface area contributed by atoms with Gasteiger partial charge in [-0.1, -0.05) is 23.3 Å². The van der Waals surface area contributed by atoms with Crippen LogP contribution in [0.25, 0.3) is 0 Å². The third kappa shape index (κ3) is 12.8. The van der Waals surface area contributed by atoms with Gasteiger partial charge >= 0.3 is 0 Å². The van der Waals surface area contributed by atoms with E-state index in [9.17, 15) is 9.59 Å². The molecule has 360 valence electrons. The van der Waals surface area contributed by atoms with Crippen LogP contribution in [-0.4, -0.2) is 154 Å². The zero-order valence-corrected chi connectivity index (χ0v) is 40.6. The van der Waals surface area contributed by atoms with Gasteiger partial charge in [0.2, 0.25) is 0 Å². The average Bonchev–Trinajstić information content (AvgIpc) is 3.89. The van der Waals surface area contributed by atoms with Crippen molar-refractivity contribution in [3.05, 3.63) is 82.2 Å². The average molecular weight is 941 g/mol. The highest BCUT2D eigenvalue weighted by Gasteiger charge is 2.36. The molecule has 16 nitrogen and oxygen atoms in total. The zero-order valence-electron chi connectivity index (χ0n) is 39.7. The lowest BCUT2D eigenvalue weighted by Gasteiger charge is -2.29. The summed E-state index contributed by atoms with van der Waals surface area (Å²) < 4.78 is 46.9. The molecule has 2 amide bonds. The van der Waals surface area contributed by atoms with Gasteiger partial charge in [0.05, 0.1) is 93.2 Å². The fraction of sp³-hybridized carbons (Fsp3) is 0.500. The number of nitrogens with zero attached hydrogens (tertiary/aromatic N) is 6. The van der Waals surface area contributed by atoms with Crippen molar-refractivity contribution in [2.75, 3.05) is 93.7 Å². The highest BCUT2D eigenvalue weighted by molar-refractivity contribution is 7.81. The van der Waals surface area contributed by atoms with Gasteiger partial charge in [-0.25, -0.2) is 0 Å². The number of hydrogen-bond acceptors (Lipinski definition) is 15. The van der Waals surface area contributed by atoms with Crippen molar-refractivity contribution in [2.24, 2.45) is 9.98 Å². The summed E-state index contributed by atoms with van der Waals surface area (Å²) in [6, 6.07) is 10.3. The number of carbonyl (C=O) groups excluding carboxylic acids is 2. The first-order chi connectivity index (χ1) is 32.4. The number of pyridine rings is 1. The molecule has 2 atom stereocenters. The Bertz CT molecular complexity index is 2230. The van der Waals surface area contributed by atoms with Crippen LogP contribution in [0.1, 0.15) is 72.6 Å². The number of allylic oxidation sites excluding steroid dienone is 2. The molecular formula is C50H64N6O10S. The highest BCUT2D eigenvalue weighted by atomic mass is 32.1. The maximum absolute atomic E-state index is 13.7. The largest absolute Gasteiger partial charge is 0.493 e. The van der Waals surface area contributed by atoms with Crippen LogP contribution in [0.15, 0.2) is 69.7 Å². The maximum Gasteiger partial charge on any atom is 0.257 e. The molecular weight excluding hydrogens is 877 g/mol. The van der Waals surface area contributed by atoms with Gasteiger partial charge in [0.15, 0.2) is 23.0 Å². The van der Waals surface area contributed by atoms with Crippen LogP contribution < -0.4 is 23.7 Å². The van der Waals surface area contributed by atoms with Crippen molar-refractivity contribution in [1.82, 2.24) is 19.7 Å². The molecule has 0 aliphatic carbocycles. The Morgan fingerprint density at radius 3 is 1.64 bits per heavy atom. The van der Waals surface area contributed by atoms with Crippen LogP contribution >= 0.6 is 12.6 Å². The predicted octanol–water partition coefficient (Wildman–Crippen LogP) is 7.08. The lowest BCUT2D eigenvalue weighted by Crippen LogP contribution is -2.39. The standard InChI is InChI=1S/C50H64N6O10S/c1-8-33-18-37-26-51-42-24-46(44(60-6)22-40(42)48(57)55(37)28-33)65-30-35-20-39(64-13-11-54(32-50(3,4)67)10-12-62-16-17-63-15-14-59-5)21-36(53-35)31-66-47-25-43-41(23-45(47)61-7)49(58)56-29-34(9-2)19-38(56)27-52-43/h8-9,20-27,37-38,67H,10-19,28-32H2,1-7H3. The van der Waals surface area contributed by atoms with Crippen LogP contribution in [0.2, 0.25) is 0 Å². The maximum atomic E-state index is 13.7. The third-order valence-electron chi connectivity index (χ3n) is 11.9. The lowest BCUT2D eigenvalue weighted by molar-refractivity contribution is 0.0184. The summed E-state index contributed by atoms with van der Waals surface area (Å²) in [5.74, 6) is 1.99. The lowest BCUT2D eigenvalue weighted by atomic mass is 10.1. The molecule has 7 rings (SSSR count). The molecule has 17 heteroatoms. The smallest absolute Gasteiger partial charge is 0.257 e. The van der Waals surface area contributed by atoms with E-state index in [1.807, 2.05) is 48.2 Å². The topological polar surface area (TPSA) is 155 Å². The van der Waals surface area contributed by atoms with Gasteiger partial charge in [-0.3, -0.25) is 29.5 Å². The SMILES string of the molecule is CC=C1CC2C=Nc3cc(OCc4cc(OCCN(CCOCCOCCOC)CC(C)(C)S)cc(COc5cc6c(cc5OC)C(=O)N5CC(=CC)CC5C=N6)n4)c(OC)cc3C(=O)N2C1. The van der Waals surface area contributed by atoms with E-state index in [1.165, 1.54) is 11.1 Å². The molecule has 0 N–H and O–H groups in total. The number of rotatable bonds is 23. The number of hydrogen-bond donors (Lipinski definition) is 1. The number of amides is 2. The van der Waals surface area contributed by atoms with Gasteiger partial charge in [0.1, 0.15) is 25.6 Å². The van der Waals surface area contributed by atoms with Crippen molar-refractivity contribution < 1.29 is 47.5 Å². The Morgan fingerprint density at radius 1 is 0.672 bits per heavy atom. The molecule has 2 aromatic carbocycles. The quantitative estimate of drug-likeness (QED) is 0.0587. The van der Waals surface area contributed by atoms with Gasteiger partial charge in [0, 0.05) is 81.3 Å². The van der Waals surface area contributed by atoms with Crippen molar-refractivity contribution in [1.29, 1.82) is 0 Å². The molecule has 0 bridgehead atoms. The number of aliphatic imine (C=N–C) groups is 2. The number of fused-ring (bicyclic) bond motifs is 4. The van der Waals surface area contributed by atoms with Gasteiger partial charge in [-0.2, -0.15) is 12.6 Å². The molecule has 2 fully saturated rings. The first kappa shape index (κ1) is 49.4. The third-order valence-corrected chi connectivity index (χ3v) is 12.1. The molecule has 5 heterocycles. The minimum absolute atomic E-state index is 0.0362. The van der Waals surface area contributed by atoms with E-state index in [-0.39, 0.29) is 41.9 Å². The number of thiol groups is 1. The van der Waals surface area contributed by atoms with Crippen LogP contribution in [0.3, 0.4) is 0 Å². The molecule has 4 aliphatic rings. The number of benzene rings is 2. The van der Waals surface area contributed by atoms with E-state index in [0.717, 1.165) is 12.8 Å². The van der Waals surface area contributed by atoms with E-state index in [0.29, 0.717) is 135 Å². The van der Waals surface area contributed by atoms with Gasteiger partial charge in [-0.05, 0) is 52.7 Å². The van der Waals surface area contributed by atoms with Crippen molar-refractivity contribution in [3.63, 3.8) is 0 Å². The predicted molar refractivity (Wildman–Crippen MR) is 260 cm³/mol. The summed E-state index contributed by atoms with van der Waals surface area (Å²) in [6.07, 6.45) is 9.31. The Hall–Kier alpha value is -5.46. The molecule has 4 aliphatic heterocycles. The summed E-state index contributed by atoms with van der Waals surface area (Å²) >= 11 is 4.81. The van der Waals surface area contributed by atoms with Crippen molar-refractivity contribution in [3.8, 4) is 28.7 Å². The van der Waals surface area contributed by atoms with E-state index in [1.54, 1.807) is 45.6 Å². The summed E-state index contributed by atoms with van der Waals surface area (Å²) in [7, 11) is 4.73. The zero-order chi connectivity index (χ0) is 47.5. The molecule has 3 aromatic rings. The second-order valence-electron chi connectivity index (χ2n) is 17.4. The summed E-state index contributed by atoms with van der Waals surface area (Å²) in [6.45, 7) is 14.3. The highest BCUT2D eigenvalue weighted by Crippen LogP contribution is 2.41. The molecule has 0 radical (unpaired) electrons. The van der Waals surface area contributed by atoms with Gasteiger partial charge in [-0.15, -0.1) is 0 Å². The fourth-order valence-electron chi connectivity index (χ4n) is 8.45. The Balaban J connectivity index is 1.09. The van der Waals surface area contributed by atoms with Crippen LogP contribution in [-0.2, 0) is 27.4 Å². The van der Waals surface area contributed by atoms with E-state index >= 15 is 0 Å². The van der Waals surface area contributed by atoms with Crippen LogP contribution in [0.5, 0.6) is 28.7 Å². The van der Waals surface area contributed by atoms with Crippen molar-refractivity contribution >= 4 is 48.2 Å². The molecule has 1 aromatic heterocycles. The monoisotopic (exact) mass is 940 g/mol. The molecule has 2 saturated heterocycles. The number of ether oxygens (including phenoxy) is 8. The Morgan fingerprint density at radius 2 is 1.16 bits per heavy atom. The van der Waals surface area contributed by atoms with E-state index in [4.69, 9.17) is 65.5 Å². The minimum atomic E-state index is -0.251. The Labute approximate surface area is 399 Å². The first-order valence-corrected chi connectivity index (χ1v) is 23.2. The first-order valence-electron chi connectivity index (χ1n) is 22.8. The summed E-state index contributed by atoms with van der Waals surface area (Å²) in [5, 5.41) is 0.